The lowest BCUT2D eigenvalue weighted by Gasteiger charge is -2.30. The highest BCUT2D eigenvalue weighted by Crippen LogP contribution is 2.24. The molecule has 0 radical (unpaired) electrons. The predicted molar refractivity (Wildman–Crippen MR) is 91.0 cm³/mol. The summed E-state index contributed by atoms with van der Waals surface area (Å²) in [6.45, 7) is 6.53. The van der Waals surface area contributed by atoms with Crippen molar-refractivity contribution in [3.63, 3.8) is 0 Å². The standard InChI is InChI=1S/C17H22BrN3/c1-3-21(12-16-9-4-6-13(2)20-16)17(11-19)14-7-5-8-15(18)10-14/h4-10,17H,3,11-12,19H2,1-2H3. The Morgan fingerprint density at radius 2 is 2.00 bits per heavy atom. The monoisotopic (exact) mass is 347 g/mol. The van der Waals surface area contributed by atoms with Gasteiger partial charge in [-0.15, -0.1) is 0 Å². The first kappa shape index (κ1) is 16.1. The zero-order valence-corrected chi connectivity index (χ0v) is 14.2. The summed E-state index contributed by atoms with van der Waals surface area (Å²) in [5.41, 5.74) is 9.41. The molecule has 0 amide bonds. The van der Waals surface area contributed by atoms with E-state index in [1.165, 1.54) is 5.56 Å². The number of halogens is 1. The molecule has 1 unspecified atom stereocenters. The molecule has 0 fully saturated rings. The van der Waals surface area contributed by atoms with E-state index in [1.54, 1.807) is 0 Å². The lowest BCUT2D eigenvalue weighted by Crippen LogP contribution is -2.33. The Morgan fingerprint density at radius 3 is 2.62 bits per heavy atom. The first-order chi connectivity index (χ1) is 10.1. The number of aryl methyl sites for hydroxylation is 1. The van der Waals surface area contributed by atoms with Crippen molar-refractivity contribution >= 4 is 15.9 Å². The summed E-state index contributed by atoms with van der Waals surface area (Å²) in [5, 5.41) is 0. The number of likely N-dealkylation sites (N-methyl/N-ethyl adjacent to an activating group) is 1. The number of rotatable bonds is 6. The van der Waals surface area contributed by atoms with Gasteiger partial charge in [0.15, 0.2) is 0 Å². The second kappa shape index (κ2) is 7.69. The van der Waals surface area contributed by atoms with Crippen molar-refractivity contribution in [2.45, 2.75) is 26.4 Å². The number of nitrogens with two attached hydrogens (primary N) is 1. The summed E-state index contributed by atoms with van der Waals surface area (Å²) in [4.78, 5) is 6.96. The average Bonchev–Trinajstić information content (AvgIpc) is 2.47. The molecule has 3 nitrogen and oxygen atoms in total. The zero-order chi connectivity index (χ0) is 15.2. The van der Waals surface area contributed by atoms with Gasteiger partial charge in [0.2, 0.25) is 0 Å². The molecule has 2 aromatic rings. The van der Waals surface area contributed by atoms with Gasteiger partial charge < -0.3 is 5.73 Å². The average molecular weight is 348 g/mol. The SMILES string of the molecule is CCN(Cc1cccc(C)n1)C(CN)c1cccc(Br)c1. The fourth-order valence-corrected chi connectivity index (χ4v) is 2.96. The molecule has 2 N–H and O–H groups in total. The molecule has 0 bridgehead atoms. The van der Waals surface area contributed by atoms with Crippen molar-refractivity contribution in [1.29, 1.82) is 0 Å². The maximum atomic E-state index is 6.04. The molecule has 1 aromatic heterocycles. The lowest BCUT2D eigenvalue weighted by atomic mass is 10.0. The molecule has 21 heavy (non-hydrogen) atoms. The third-order valence-electron chi connectivity index (χ3n) is 3.61. The van der Waals surface area contributed by atoms with Crippen molar-refractivity contribution in [1.82, 2.24) is 9.88 Å². The first-order valence-corrected chi connectivity index (χ1v) is 8.05. The van der Waals surface area contributed by atoms with E-state index in [-0.39, 0.29) is 6.04 Å². The highest BCUT2D eigenvalue weighted by atomic mass is 79.9. The molecule has 112 valence electrons. The van der Waals surface area contributed by atoms with Gasteiger partial charge in [-0.05, 0) is 43.3 Å². The fourth-order valence-electron chi connectivity index (χ4n) is 2.55. The van der Waals surface area contributed by atoms with Gasteiger partial charge in [-0.2, -0.15) is 0 Å². The van der Waals surface area contributed by atoms with Crippen LogP contribution < -0.4 is 5.73 Å². The van der Waals surface area contributed by atoms with E-state index in [1.807, 2.05) is 19.1 Å². The van der Waals surface area contributed by atoms with Gasteiger partial charge in [0, 0.05) is 29.3 Å². The molecule has 1 aromatic carbocycles. The molecule has 0 aliphatic carbocycles. The number of hydrogen-bond acceptors (Lipinski definition) is 3. The van der Waals surface area contributed by atoms with Crippen LogP contribution in [0.5, 0.6) is 0 Å². The minimum atomic E-state index is 0.204. The van der Waals surface area contributed by atoms with E-state index in [0.29, 0.717) is 6.54 Å². The second-order valence-corrected chi connectivity index (χ2v) is 6.06. The van der Waals surface area contributed by atoms with Crippen LogP contribution in [0.25, 0.3) is 0 Å². The molecule has 0 saturated heterocycles. The van der Waals surface area contributed by atoms with Crippen LogP contribution >= 0.6 is 15.9 Å². The topological polar surface area (TPSA) is 42.2 Å². The van der Waals surface area contributed by atoms with Crippen LogP contribution in [-0.4, -0.2) is 23.0 Å². The normalized spacial score (nSPS) is 12.6. The van der Waals surface area contributed by atoms with Crippen LogP contribution in [0.3, 0.4) is 0 Å². The van der Waals surface area contributed by atoms with E-state index in [2.05, 4.69) is 63.1 Å². The molecule has 0 spiro atoms. The van der Waals surface area contributed by atoms with E-state index < -0.39 is 0 Å². The highest BCUT2D eigenvalue weighted by molar-refractivity contribution is 9.10. The second-order valence-electron chi connectivity index (χ2n) is 5.14. The Bertz CT molecular complexity index is 586. The van der Waals surface area contributed by atoms with Crippen LogP contribution in [0.15, 0.2) is 46.9 Å². The molecule has 0 aliphatic heterocycles. The van der Waals surface area contributed by atoms with Gasteiger partial charge in [0.05, 0.1) is 5.69 Å². The number of benzene rings is 1. The molecule has 1 heterocycles. The molecule has 0 aliphatic rings. The smallest absolute Gasteiger partial charge is 0.0547 e. The quantitative estimate of drug-likeness (QED) is 0.866. The Kier molecular flexibility index (Phi) is 5.91. The summed E-state index contributed by atoms with van der Waals surface area (Å²) in [6.07, 6.45) is 0. The summed E-state index contributed by atoms with van der Waals surface area (Å²) < 4.78 is 1.09. The van der Waals surface area contributed by atoms with Crippen molar-refractivity contribution < 1.29 is 0 Å². The third kappa shape index (κ3) is 4.37. The van der Waals surface area contributed by atoms with Gasteiger partial charge in [0.25, 0.3) is 0 Å². The summed E-state index contributed by atoms with van der Waals surface area (Å²) >= 11 is 3.54. The van der Waals surface area contributed by atoms with Crippen LogP contribution in [-0.2, 0) is 6.54 Å². The van der Waals surface area contributed by atoms with Gasteiger partial charge >= 0.3 is 0 Å². The number of pyridine rings is 1. The minimum Gasteiger partial charge on any atom is -0.329 e. The Morgan fingerprint density at radius 1 is 1.24 bits per heavy atom. The summed E-state index contributed by atoms with van der Waals surface area (Å²) in [7, 11) is 0. The maximum Gasteiger partial charge on any atom is 0.0547 e. The predicted octanol–water partition coefficient (Wildman–Crippen LogP) is 3.67. The number of aromatic nitrogens is 1. The Balaban J connectivity index is 2.21. The third-order valence-corrected chi connectivity index (χ3v) is 4.11. The maximum absolute atomic E-state index is 6.04. The summed E-state index contributed by atoms with van der Waals surface area (Å²) in [5.74, 6) is 0. The van der Waals surface area contributed by atoms with Crippen molar-refractivity contribution in [2.24, 2.45) is 5.73 Å². The van der Waals surface area contributed by atoms with Crippen molar-refractivity contribution in [2.75, 3.05) is 13.1 Å². The number of hydrogen-bond donors (Lipinski definition) is 1. The molecule has 1 atom stereocenters. The summed E-state index contributed by atoms with van der Waals surface area (Å²) in [6, 6.07) is 14.7. The lowest BCUT2D eigenvalue weighted by molar-refractivity contribution is 0.201. The van der Waals surface area contributed by atoms with Crippen LogP contribution in [0.1, 0.15) is 29.9 Å². The fraction of sp³-hybridized carbons (Fsp3) is 0.353. The Labute approximate surface area is 135 Å². The minimum absolute atomic E-state index is 0.204. The number of nitrogens with zero attached hydrogens (tertiary/aromatic N) is 2. The zero-order valence-electron chi connectivity index (χ0n) is 12.6. The Hall–Kier alpha value is -1.23. The van der Waals surface area contributed by atoms with Gasteiger partial charge in [-0.25, -0.2) is 0 Å². The van der Waals surface area contributed by atoms with Crippen molar-refractivity contribution in [3.05, 3.63) is 63.9 Å². The van der Waals surface area contributed by atoms with Crippen LogP contribution in [0.4, 0.5) is 0 Å². The molecular weight excluding hydrogens is 326 g/mol. The van der Waals surface area contributed by atoms with Gasteiger partial charge in [0.1, 0.15) is 0 Å². The molecular formula is C17H22BrN3. The van der Waals surface area contributed by atoms with E-state index in [4.69, 9.17) is 5.73 Å². The molecule has 0 saturated carbocycles. The van der Waals surface area contributed by atoms with E-state index >= 15 is 0 Å². The van der Waals surface area contributed by atoms with E-state index in [9.17, 15) is 0 Å². The van der Waals surface area contributed by atoms with Crippen molar-refractivity contribution in [3.8, 4) is 0 Å². The highest BCUT2D eigenvalue weighted by Gasteiger charge is 2.18. The largest absolute Gasteiger partial charge is 0.329 e. The molecule has 2 rings (SSSR count). The van der Waals surface area contributed by atoms with E-state index in [0.717, 1.165) is 29.0 Å². The van der Waals surface area contributed by atoms with Gasteiger partial charge in [-0.3, -0.25) is 9.88 Å². The van der Waals surface area contributed by atoms with Crippen LogP contribution in [0.2, 0.25) is 0 Å². The molecule has 4 heteroatoms. The first-order valence-electron chi connectivity index (χ1n) is 7.26. The van der Waals surface area contributed by atoms with Gasteiger partial charge in [-0.1, -0.05) is 41.1 Å². The van der Waals surface area contributed by atoms with Crippen LogP contribution in [0, 0.1) is 6.92 Å².